The van der Waals surface area contributed by atoms with Gasteiger partial charge in [0, 0.05) is 31.1 Å². The molecule has 0 saturated heterocycles. The van der Waals surface area contributed by atoms with Gasteiger partial charge in [0.1, 0.15) is 38.3 Å². The molecule has 0 atom stereocenters. The Bertz CT molecular complexity index is 1210. The fraction of sp³-hybridized carbons (Fsp3) is 0.278. The number of amides is 1. The molecule has 0 aromatic carbocycles. The van der Waals surface area contributed by atoms with Crippen LogP contribution in [0, 0.1) is 0 Å². The molecule has 160 valence electrons. The van der Waals surface area contributed by atoms with Crippen molar-refractivity contribution in [2.75, 3.05) is 24.4 Å². The van der Waals surface area contributed by atoms with Crippen molar-refractivity contribution in [3.63, 3.8) is 0 Å². The number of ether oxygens (including phenoxy) is 1. The first-order chi connectivity index (χ1) is 14.0. The third-order valence-electron chi connectivity index (χ3n) is 4.07. The summed E-state index contributed by atoms with van der Waals surface area (Å²) in [5, 5.41) is 2.48. The van der Waals surface area contributed by atoms with E-state index in [1.807, 2.05) is 0 Å². The maximum absolute atomic E-state index is 12.8. The number of fused-ring (bicyclic) bond motifs is 1. The Labute approximate surface area is 169 Å². The SMILES string of the molecule is COc1cc2nc(CCS(C)(=O)=O)cn2cc1NC(=O)c1cccc(C(F)(F)F)n1. The predicted octanol–water partition coefficient (Wildman–Crippen LogP) is 2.60. The van der Waals surface area contributed by atoms with E-state index < -0.39 is 33.3 Å². The summed E-state index contributed by atoms with van der Waals surface area (Å²) < 4.78 is 67.9. The first kappa shape index (κ1) is 21.6. The number of anilines is 1. The summed E-state index contributed by atoms with van der Waals surface area (Å²) in [6.45, 7) is 0. The van der Waals surface area contributed by atoms with Crippen molar-refractivity contribution in [2.45, 2.75) is 12.6 Å². The molecule has 30 heavy (non-hydrogen) atoms. The zero-order chi connectivity index (χ0) is 22.1. The highest BCUT2D eigenvalue weighted by Crippen LogP contribution is 2.29. The average Bonchev–Trinajstić information content (AvgIpc) is 3.06. The van der Waals surface area contributed by atoms with Gasteiger partial charge in [-0.05, 0) is 12.1 Å². The topological polar surface area (TPSA) is 103 Å². The monoisotopic (exact) mass is 442 g/mol. The van der Waals surface area contributed by atoms with Gasteiger partial charge in [0.25, 0.3) is 5.91 Å². The third kappa shape index (κ3) is 5.06. The Morgan fingerprint density at radius 1 is 1.23 bits per heavy atom. The molecular formula is C18H17F3N4O4S. The number of nitrogens with zero attached hydrogens (tertiary/aromatic N) is 3. The van der Waals surface area contributed by atoms with E-state index in [9.17, 15) is 26.4 Å². The van der Waals surface area contributed by atoms with Crippen LogP contribution < -0.4 is 10.1 Å². The van der Waals surface area contributed by atoms with Crippen LogP contribution in [0.1, 0.15) is 21.9 Å². The van der Waals surface area contributed by atoms with Crippen LogP contribution in [-0.4, -0.2) is 47.8 Å². The second-order valence-corrected chi connectivity index (χ2v) is 8.75. The maximum Gasteiger partial charge on any atom is 0.433 e. The normalized spacial score (nSPS) is 12.2. The maximum atomic E-state index is 12.8. The van der Waals surface area contributed by atoms with Crippen molar-refractivity contribution in [3.05, 3.63) is 53.7 Å². The lowest BCUT2D eigenvalue weighted by Gasteiger charge is -2.11. The second kappa shape index (κ2) is 7.94. The molecule has 0 aliphatic rings. The number of methoxy groups -OCH3 is 1. The summed E-state index contributed by atoms with van der Waals surface area (Å²) in [6.07, 6.45) is -0.277. The number of sulfone groups is 1. The fourth-order valence-electron chi connectivity index (χ4n) is 2.65. The van der Waals surface area contributed by atoms with Crippen LogP contribution in [0.25, 0.3) is 5.65 Å². The van der Waals surface area contributed by atoms with E-state index in [4.69, 9.17) is 4.74 Å². The van der Waals surface area contributed by atoms with E-state index in [2.05, 4.69) is 15.3 Å². The van der Waals surface area contributed by atoms with Gasteiger partial charge in [-0.15, -0.1) is 0 Å². The van der Waals surface area contributed by atoms with Gasteiger partial charge in [0.05, 0.1) is 18.6 Å². The molecule has 8 nitrogen and oxygen atoms in total. The number of aryl methyl sites for hydroxylation is 1. The van der Waals surface area contributed by atoms with E-state index in [1.165, 1.54) is 19.4 Å². The summed E-state index contributed by atoms with van der Waals surface area (Å²) in [4.78, 5) is 20.1. The molecule has 0 fully saturated rings. The number of aromatic nitrogens is 3. The lowest BCUT2D eigenvalue weighted by atomic mass is 10.2. The molecule has 3 aromatic heterocycles. The molecule has 0 unspecified atom stereocenters. The Hall–Kier alpha value is -3.15. The highest BCUT2D eigenvalue weighted by Gasteiger charge is 2.33. The van der Waals surface area contributed by atoms with Crippen molar-refractivity contribution < 1.29 is 31.1 Å². The minimum atomic E-state index is -4.67. The molecule has 3 rings (SSSR count). The van der Waals surface area contributed by atoms with Crippen LogP contribution in [0.3, 0.4) is 0 Å². The summed E-state index contributed by atoms with van der Waals surface area (Å²) in [6, 6.07) is 4.54. The van der Waals surface area contributed by atoms with Crippen molar-refractivity contribution >= 4 is 27.1 Å². The van der Waals surface area contributed by atoms with Crippen LogP contribution in [0.5, 0.6) is 5.75 Å². The van der Waals surface area contributed by atoms with Crippen molar-refractivity contribution in [1.29, 1.82) is 0 Å². The predicted molar refractivity (Wildman–Crippen MR) is 102 cm³/mol. The molecule has 0 saturated carbocycles. The molecule has 0 bridgehead atoms. The molecule has 12 heteroatoms. The smallest absolute Gasteiger partial charge is 0.433 e. The van der Waals surface area contributed by atoms with Crippen LogP contribution in [0.2, 0.25) is 0 Å². The Morgan fingerprint density at radius 2 is 1.97 bits per heavy atom. The Morgan fingerprint density at radius 3 is 2.60 bits per heavy atom. The van der Waals surface area contributed by atoms with Crippen molar-refractivity contribution in [2.24, 2.45) is 0 Å². The van der Waals surface area contributed by atoms with Crippen LogP contribution in [0.15, 0.2) is 36.7 Å². The van der Waals surface area contributed by atoms with Gasteiger partial charge in [0.15, 0.2) is 0 Å². The number of carbonyl (C=O) groups excluding carboxylic acids is 1. The average molecular weight is 442 g/mol. The molecule has 0 spiro atoms. The Balaban J connectivity index is 1.89. The van der Waals surface area contributed by atoms with Crippen LogP contribution in [0.4, 0.5) is 18.9 Å². The lowest BCUT2D eigenvalue weighted by molar-refractivity contribution is -0.141. The van der Waals surface area contributed by atoms with E-state index in [-0.39, 0.29) is 23.6 Å². The summed E-state index contributed by atoms with van der Waals surface area (Å²) in [5.74, 6) is -0.696. The van der Waals surface area contributed by atoms with Gasteiger partial charge in [0.2, 0.25) is 0 Å². The largest absolute Gasteiger partial charge is 0.494 e. The number of hydrogen-bond acceptors (Lipinski definition) is 6. The second-order valence-electron chi connectivity index (χ2n) is 6.49. The highest BCUT2D eigenvalue weighted by molar-refractivity contribution is 7.90. The number of hydrogen-bond donors (Lipinski definition) is 1. The first-order valence-corrected chi connectivity index (χ1v) is 10.6. The van der Waals surface area contributed by atoms with Crippen LogP contribution in [-0.2, 0) is 22.4 Å². The summed E-state index contributed by atoms with van der Waals surface area (Å²) in [7, 11) is -1.80. The molecule has 3 heterocycles. The number of alkyl halides is 3. The number of pyridine rings is 2. The fourth-order valence-corrected chi connectivity index (χ4v) is 3.23. The van der Waals surface area contributed by atoms with E-state index >= 15 is 0 Å². The number of imidazole rings is 1. The first-order valence-electron chi connectivity index (χ1n) is 8.55. The molecule has 1 amide bonds. The van der Waals surface area contributed by atoms with E-state index in [1.54, 1.807) is 10.6 Å². The van der Waals surface area contributed by atoms with Gasteiger partial charge in [-0.2, -0.15) is 13.2 Å². The molecule has 0 radical (unpaired) electrons. The molecule has 1 N–H and O–H groups in total. The van der Waals surface area contributed by atoms with Crippen LogP contribution >= 0.6 is 0 Å². The van der Waals surface area contributed by atoms with Gasteiger partial charge >= 0.3 is 6.18 Å². The minimum Gasteiger partial charge on any atom is -0.494 e. The molecule has 0 aliphatic carbocycles. The molecule has 0 aliphatic heterocycles. The Kier molecular flexibility index (Phi) is 5.70. The van der Waals surface area contributed by atoms with E-state index in [0.717, 1.165) is 24.5 Å². The quantitative estimate of drug-likeness (QED) is 0.630. The standard InChI is InChI=1S/C18H17F3N4O4S/c1-29-14-8-16-22-11(6-7-30(2,27)28)9-25(16)10-13(14)24-17(26)12-4-3-5-15(23-12)18(19,20)21/h3-5,8-10H,6-7H2,1-2H3,(H,24,26). The minimum absolute atomic E-state index is 0.0706. The van der Waals surface area contributed by atoms with Gasteiger partial charge < -0.3 is 14.5 Å². The molecular weight excluding hydrogens is 425 g/mol. The highest BCUT2D eigenvalue weighted by atomic mass is 32.2. The van der Waals surface area contributed by atoms with Crippen molar-refractivity contribution in [3.8, 4) is 5.75 Å². The molecule has 3 aromatic rings. The van der Waals surface area contributed by atoms with Crippen molar-refractivity contribution in [1.82, 2.24) is 14.4 Å². The number of nitrogens with one attached hydrogen (secondary N) is 1. The van der Waals surface area contributed by atoms with E-state index in [0.29, 0.717) is 11.3 Å². The zero-order valence-electron chi connectivity index (χ0n) is 15.9. The summed E-state index contributed by atoms with van der Waals surface area (Å²) in [5.41, 5.74) is -0.438. The number of rotatable bonds is 6. The summed E-state index contributed by atoms with van der Waals surface area (Å²) >= 11 is 0. The zero-order valence-corrected chi connectivity index (χ0v) is 16.7. The number of carbonyl (C=O) groups is 1. The third-order valence-corrected chi connectivity index (χ3v) is 5.02. The van der Waals surface area contributed by atoms with Gasteiger partial charge in [-0.3, -0.25) is 4.79 Å². The lowest BCUT2D eigenvalue weighted by Crippen LogP contribution is -2.17. The number of halogens is 3. The van der Waals surface area contributed by atoms with Gasteiger partial charge in [-0.1, -0.05) is 6.07 Å². The van der Waals surface area contributed by atoms with Gasteiger partial charge in [-0.25, -0.2) is 18.4 Å².